The molecule has 0 aromatic heterocycles. The van der Waals surface area contributed by atoms with Crippen LogP contribution in [-0.4, -0.2) is 176 Å². The molecule has 0 radical (unpaired) electrons. The molecule has 16 nitrogen and oxygen atoms in total. The molecule has 0 aliphatic rings. The van der Waals surface area contributed by atoms with Crippen LogP contribution in [-0.2, 0) is 61.6 Å². The minimum Gasteiger partial charge on any atom is -0.481 e. The van der Waals surface area contributed by atoms with Gasteiger partial charge in [0, 0.05) is 12.2 Å². The summed E-state index contributed by atoms with van der Waals surface area (Å²) in [6.45, 7) is 12.8. The van der Waals surface area contributed by atoms with Gasteiger partial charge in [0.25, 0.3) is 0 Å². The maximum absolute atomic E-state index is 12.1. The lowest BCUT2D eigenvalue weighted by molar-refractivity contribution is -0.138. The Morgan fingerprint density at radius 2 is 0.788 bits per heavy atom. The van der Waals surface area contributed by atoms with Crippen LogP contribution in [0, 0.1) is 0 Å². The number of unbranched alkanes of at least 4 members (excludes halogenated alkanes) is 1. The number of carboxylic acid groups (broad SMARTS) is 1. The van der Waals surface area contributed by atoms with Gasteiger partial charge in [0.1, 0.15) is 6.61 Å². The molecule has 0 amide bonds. The Morgan fingerprint density at radius 1 is 0.481 bits per heavy atom. The summed E-state index contributed by atoms with van der Waals surface area (Å²) in [5.74, 6) is -1.24. The lowest BCUT2D eigenvalue weighted by Crippen LogP contribution is -2.15. The van der Waals surface area contributed by atoms with E-state index in [1.807, 2.05) is 12.1 Å². The lowest BCUT2D eigenvalue weighted by atomic mass is 10.2. The Morgan fingerprint density at radius 3 is 1.10 bits per heavy atom. The van der Waals surface area contributed by atoms with E-state index >= 15 is 0 Å². The van der Waals surface area contributed by atoms with Gasteiger partial charge in [-0.05, 0) is 30.7 Å². The van der Waals surface area contributed by atoms with E-state index in [1.165, 1.54) is 0 Å². The third-order valence-corrected chi connectivity index (χ3v) is 6.62. The fourth-order valence-corrected chi connectivity index (χ4v) is 3.87. The van der Waals surface area contributed by atoms with Gasteiger partial charge in [-0.2, -0.15) is 0 Å². The first-order valence-electron chi connectivity index (χ1n) is 18.2. The highest BCUT2D eigenvalue weighted by Gasteiger charge is 2.07. The topological polar surface area (TPSA) is 177 Å². The number of benzene rings is 1. The zero-order valence-corrected chi connectivity index (χ0v) is 31.1. The molecule has 52 heavy (non-hydrogen) atoms. The summed E-state index contributed by atoms with van der Waals surface area (Å²) in [4.78, 5) is 22.5. The molecule has 302 valence electrons. The Bertz CT molecular complexity index is 926. The minimum absolute atomic E-state index is 0.00678. The van der Waals surface area contributed by atoms with Gasteiger partial charge < -0.3 is 67.3 Å². The zero-order valence-electron chi connectivity index (χ0n) is 31.1. The van der Waals surface area contributed by atoms with Crippen molar-refractivity contribution in [3.63, 3.8) is 0 Å². The van der Waals surface area contributed by atoms with Crippen LogP contribution in [0.15, 0.2) is 24.3 Å². The number of carbonyl (C=O) groups excluding carboxylic acids is 1. The normalized spacial score (nSPS) is 11.2. The highest BCUT2D eigenvalue weighted by Crippen LogP contribution is 2.11. The van der Waals surface area contributed by atoms with Crippen LogP contribution in [0.1, 0.15) is 36.5 Å². The van der Waals surface area contributed by atoms with Gasteiger partial charge in [0.2, 0.25) is 0 Å². The molecule has 1 aromatic carbocycles. The lowest BCUT2D eigenvalue weighted by Gasteiger charge is -2.09. The van der Waals surface area contributed by atoms with Crippen LogP contribution >= 0.6 is 0 Å². The van der Waals surface area contributed by atoms with Crippen LogP contribution in [0.2, 0.25) is 0 Å². The molecule has 16 heteroatoms. The molecule has 0 saturated heterocycles. The number of carbonyl (C=O) groups is 2. The fraction of sp³-hybridized carbons (Fsp3) is 0.778. The molecule has 0 spiro atoms. The first-order valence-corrected chi connectivity index (χ1v) is 18.2. The van der Waals surface area contributed by atoms with E-state index in [9.17, 15) is 9.59 Å². The Labute approximate surface area is 308 Å². The molecule has 0 aliphatic heterocycles. The number of aliphatic carboxylic acids is 1. The van der Waals surface area contributed by atoms with Gasteiger partial charge in [-0.25, -0.2) is 4.79 Å². The average Bonchev–Trinajstić information content (AvgIpc) is 3.14. The molecule has 2 N–H and O–H groups in total. The second kappa shape index (κ2) is 38.3. The number of carboxylic acids is 1. The Hall–Kier alpha value is -2.48. The first-order chi connectivity index (χ1) is 25.6. The van der Waals surface area contributed by atoms with E-state index in [1.54, 1.807) is 12.1 Å². The standard InChI is InChI=1S/C36H63NO15/c1-2-3-9-37-34-6-4-33(5-7-34)36(40)52-32-31-51-30-29-50-28-27-49-26-25-48-24-23-47-22-21-46-20-19-45-18-17-44-16-15-43-14-13-42-12-11-41-10-8-35(38)39/h4-7,37H,2-3,8-32H2,1H3,(H,38,39). The average molecular weight is 750 g/mol. The number of nitrogens with one attached hydrogen (secondary N) is 1. The molecule has 0 aliphatic carbocycles. The van der Waals surface area contributed by atoms with Crippen molar-refractivity contribution in [1.29, 1.82) is 0 Å². The van der Waals surface area contributed by atoms with E-state index in [0.29, 0.717) is 144 Å². The number of anilines is 1. The summed E-state index contributed by atoms with van der Waals surface area (Å²) in [6.07, 6.45) is 2.23. The summed E-state index contributed by atoms with van der Waals surface area (Å²) in [5.41, 5.74) is 1.50. The smallest absolute Gasteiger partial charge is 0.338 e. The summed E-state index contributed by atoms with van der Waals surface area (Å²) >= 11 is 0. The van der Waals surface area contributed by atoms with E-state index in [-0.39, 0.29) is 25.6 Å². The SMILES string of the molecule is CCCCNc1ccc(C(=O)OCCOCCOCCOCCOCCOCCOCCOCCOCCOCCOCCOCCC(=O)O)cc1. The predicted molar refractivity (Wildman–Crippen MR) is 191 cm³/mol. The molecule has 0 atom stereocenters. The maximum Gasteiger partial charge on any atom is 0.338 e. The van der Waals surface area contributed by atoms with Crippen molar-refractivity contribution in [2.75, 3.05) is 164 Å². The largest absolute Gasteiger partial charge is 0.481 e. The summed E-state index contributed by atoms with van der Waals surface area (Å²) in [6, 6.07) is 7.27. The molecule has 0 saturated carbocycles. The van der Waals surface area contributed by atoms with Gasteiger partial charge in [-0.1, -0.05) is 13.3 Å². The van der Waals surface area contributed by atoms with Crippen LogP contribution in [0.25, 0.3) is 0 Å². The molecular formula is C36H63NO15. The van der Waals surface area contributed by atoms with Crippen molar-refractivity contribution < 1.29 is 71.5 Å². The monoisotopic (exact) mass is 749 g/mol. The number of rotatable bonds is 41. The number of ether oxygens (including phenoxy) is 12. The summed E-state index contributed by atoms with van der Waals surface area (Å²) < 4.78 is 64.8. The molecule has 0 fully saturated rings. The van der Waals surface area contributed by atoms with Crippen molar-refractivity contribution in [2.45, 2.75) is 26.2 Å². The van der Waals surface area contributed by atoms with Crippen molar-refractivity contribution in [3.05, 3.63) is 29.8 Å². The first kappa shape index (κ1) is 47.5. The number of esters is 1. The highest BCUT2D eigenvalue weighted by atomic mass is 16.6. The third-order valence-electron chi connectivity index (χ3n) is 6.62. The van der Waals surface area contributed by atoms with E-state index in [2.05, 4.69) is 12.2 Å². The fourth-order valence-electron chi connectivity index (χ4n) is 3.87. The van der Waals surface area contributed by atoms with Gasteiger partial charge in [0.15, 0.2) is 0 Å². The maximum atomic E-state index is 12.1. The number of hydrogen-bond donors (Lipinski definition) is 2. The van der Waals surface area contributed by atoms with Crippen LogP contribution in [0.5, 0.6) is 0 Å². The predicted octanol–water partition coefficient (Wildman–Crippen LogP) is 2.71. The van der Waals surface area contributed by atoms with Crippen molar-refractivity contribution in [1.82, 2.24) is 0 Å². The highest BCUT2D eigenvalue weighted by molar-refractivity contribution is 5.89. The Balaban J connectivity index is 1.68. The van der Waals surface area contributed by atoms with Gasteiger partial charge in [-0.15, -0.1) is 0 Å². The van der Waals surface area contributed by atoms with Crippen LogP contribution in [0.3, 0.4) is 0 Å². The van der Waals surface area contributed by atoms with E-state index in [4.69, 9.17) is 61.9 Å². The second-order valence-electron chi connectivity index (χ2n) is 10.9. The van der Waals surface area contributed by atoms with Gasteiger partial charge >= 0.3 is 11.9 Å². The summed E-state index contributed by atoms with van der Waals surface area (Å²) in [7, 11) is 0. The van der Waals surface area contributed by atoms with Gasteiger partial charge in [-0.3, -0.25) is 4.79 Å². The van der Waals surface area contributed by atoms with Crippen molar-refractivity contribution >= 4 is 17.6 Å². The molecule has 0 bridgehead atoms. The van der Waals surface area contributed by atoms with E-state index in [0.717, 1.165) is 25.1 Å². The molecule has 1 aromatic rings. The molecule has 0 heterocycles. The molecule has 1 rings (SSSR count). The summed E-state index contributed by atoms with van der Waals surface area (Å²) in [5, 5.41) is 11.8. The quantitative estimate of drug-likeness (QED) is 0.0737. The second-order valence-corrected chi connectivity index (χ2v) is 10.9. The van der Waals surface area contributed by atoms with E-state index < -0.39 is 5.97 Å². The van der Waals surface area contributed by atoms with Crippen molar-refractivity contribution in [2.24, 2.45) is 0 Å². The van der Waals surface area contributed by atoms with Gasteiger partial charge in [0.05, 0.1) is 157 Å². The third kappa shape index (κ3) is 33.4. The Kier molecular flexibility index (Phi) is 35.0. The zero-order chi connectivity index (χ0) is 37.4. The molecular weight excluding hydrogens is 686 g/mol. The molecule has 0 unspecified atom stereocenters. The van der Waals surface area contributed by atoms with Crippen LogP contribution in [0.4, 0.5) is 5.69 Å². The number of hydrogen-bond acceptors (Lipinski definition) is 15. The minimum atomic E-state index is -0.878. The van der Waals surface area contributed by atoms with Crippen LogP contribution < -0.4 is 5.32 Å². The van der Waals surface area contributed by atoms with Crippen molar-refractivity contribution in [3.8, 4) is 0 Å².